The summed E-state index contributed by atoms with van der Waals surface area (Å²) in [5, 5.41) is 2.92. The standard InChI is InChI=1S/C27H39N3O4S/c1-6-7-18-28-27(32)23(4)29(20-24-15-10-8-13-21(24)2)26(31)17-12-19-30(35(5,33)34)25-16-11-9-14-22(25)3/h8-11,13-16,23H,6-7,12,17-20H2,1-5H3,(H,28,32). The minimum Gasteiger partial charge on any atom is -0.354 e. The third kappa shape index (κ3) is 8.38. The largest absolute Gasteiger partial charge is 0.354 e. The van der Waals surface area contributed by atoms with Gasteiger partial charge in [0.1, 0.15) is 6.04 Å². The summed E-state index contributed by atoms with van der Waals surface area (Å²) in [7, 11) is -3.51. The van der Waals surface area contributed by atoms with Gasteiger partial charge in [-0.3, -0.25) is 13.9 Å². The van der Waals surface area contributed by atoms with Gasteiger partial charge in [0.2, 0.25) is 21.8 Å². The molecule has 0 aromatic heterocycles. The molecule has 0 bridgehead atoms. The maximum Gasteiger partial charge on any atom is 0.242 e. The third-order valence-electron chi connectivity index (χ3n) is 6.14. The van der Waals surface area contributed by atoms with Crippen molar-refractivity contribution in [3.05, 3.63) is 65.2 Å². The second kappa shape index (κ2) is 13.3. The first-order valence-electron chi connectivity index (χ1n) is 12.2. The number of amides is 2. The van der Waals surface area contributed by atoms with Crippen molar-refractivity contribution < 1.29 is 18.0 Å². The number of para-hydroxylation sites is 1. The zero-order chi connectivity index (χ0) is 26.0. The van der Waals surface area contributed by atoms with Gasteiger partial charge in [0.05, 0.1) is 11.9 Å². The number of hydrogen-bond acceptors (Lipinski definition) is 4. The third-order valence-corrected chi connectivity index (χ3v) is 7.32. The minimum atomic E-state index is -3.51. The van der Waals surface area contributed by atoms with E-state index in [-0.39, 0.29) is 24.8 Å². The summed E-state index contributed by atoms with van der Waals surface area (Å²) in [5.74, 6) is -0.359. The van der Waals surface area contributed by atoms with Gasteiger partial charge in [-0.1, -0.05) is 55.8 Å². The van der Waals surface area contributed by atoms with Crippen LogP contribution in [0, 0.1) is 13.8 Å². The predicted molar refractivity (Wildman–Crippen MR) is 142 cm³/mol. The molecular weight excluding hydrogens is 462 g/mol. The summed E-state index contributed by atoms with van der Waals surface area (Å²) >= 11 is 0. The molecule has 1 N–H and O–H groups in total. The van der Waals surface area contributed by atoms with Crippen molar-refractivity contribution in [3.8, 4) is 0 Å². The summed E-state index contributed by atoms with van der Waals surface area (Å²) < 4.78 is 26.3. The van der Waals surface area contributed by atoms with Gasteiger partial charge in [-0.15, -0.1) is 0 Å². The highest BCUT2D eigenvalue weighted by Gasteiger charge is 2.27. The predicted octanol–water partition coefficient (Wildman–Crippen LogP) is 4.18. The van der Waals surface area contributed by atoms with Crippen LogP contribution in [0.2, 0.25) is 0 Å². The Morgan fingerprint density at radius 1 is 0.971 bits per heavy atom. The van der Waals surface area contributed by atoms with Crippen molar-refractivity contribution in [1.29, 1.82) is 0 Å². The lowest BCUT2D eigenvalue weighted by atomic mass is 10.1. The quantitative estimate of drug-likeness (QED) is 0.417. The van der Waals surface area contributed by atoms with Crippen LogP contribution >= 0.6 is 0 Å². The van der Waals surface area contributed by atoms with E-state index in [1.807, 2.05) is 50.2 Å². The fourth-order valence-electron chi connectivity index (χ4n) is 3.92. The number of aryl methyl sites for hydroxylation is 2. The second-order valence-electron chi connectivity index (χ2n) is 8.99. The van der Waals surface area contributed by atoms with E-state index in [0.717, 1.165) is 29.5 Å². The highest BCUT2D eigenvalue weighted by molar-refractivity contribution is 7.92. The van der Waals surface area contributed by atoms with Crippen molar-refractivity contribution in [1.82, 2.24) is 10.2 Å². The molecule has 0 fully saturated rings. The van der Waals surface area contributed by atoms with Crippen LogP contribution in [-0.2, 0) is 26.2 Å². The van der Waals surface area contributed by atoms with Gasteiger partial charge < -0.3 is 10.2 Å². The highest BCUT2D eigenvalue weighted by Crippen LogP contribution is 2.23. The molecule has 0 saturated heterocycles. The molecule has 0 spiro atoms. The molecule has 2 aromatic carbocycles. The Hall–Kier alpha value is -2.87. The number of carbonyl (C=O) groups is 2. The van der Waals surface area contributed by atoms with Gasteiger partial charge in [-0.05, 0) is 56.4 Å². The fraction of sp³-hybridized carbons (Fsp3) is 0.481. The highest BCUT2D eigenvalue weighted by atomic mass is 32.2. The van der Waals surface area contributed by atoms with Crippen LogP contribution in [0.1, 0.15) is 56.2 Å². The van der Waals surface area contributed by atoms with Crippen LogP contribution in [0.4, 0.5) is 5.69 Å². The zero-order valence-corrected chi connectivity index (χ0v) is 22.4. The van der Waals surface area contributed by atoms with Gasteiger partial charge >= 0.3 is 0 Å². The number of hydrogen-bond donors (Lipinski definition) is 1. The number of anilines is 1. The van der Waals surface area contributed by atoms with E-state index in [1.54, 1.807) is 24.0 Å². The number of sulfonamides is 1. The summed E-state index contributed by atoms with van der Waals surface area (Å²) in [6, 6.07) is 14.5. The molecule has 0 aliphatic carbocycles. The summed E-state index contributed by atoms with van der Waals surface area (Å²) in [6.07, 6.45) is 3.50. The molecule has 0 radical (unpaired) electrons. The Morgan fingerprint density at radius 3 is 2.20 bits per heavy atom. The first-order valence-corrected chi connectivity index (χ1v) is 14.1. The van der Waals surface area contributed by atoms with Crippen molar-refractivity contribution in [3.63, 3.8) is 0 Å². The van der Waals surface area contributed by atoms with Crippen LogP contribution < -0.4 is 9.62 Å². The van der Waals surface area contributed by atoms with E-state index in [4.69, 9.17) is 0 Å². The molecule has 0 heterocycles. The summed E-state index contributed by atoms with van der Waals surface area (Å²) in [6.45, 7) is 8.73. The Bertz CT molecular complexity index is 1100. The van der Waals surface area contributed by atoms with E-state index < -0.39 is 16.1 Å². The number of nitrogens with zero attached hydrogens (tertiary/aromatic N) is 2. The number of carbonyl (C=O) groups excluding carboxylic acids is 2. The average molecular weight is 502 g/mol. The van der Waals surface area contributed by atoms with E-state index in [2.05, 4.69) is 12.2 Å². The lowest BCUT2D eigenvalue weighted by Crippen LogP contribution is -2.48. The Kier molecular flexibility index (Phi) is 10.8. The topological polar surface area (TPSA) is 86.8 Å². The van der Waals surface area contributed by atoms with Crippen LogP contribution in [0.15, 0.2) is 48.5 Å². The smallest absolute Gasteiger partial charge is 0.242 e. The molecule has 2 rings (SSSR count). The van der Waals surface area contributed by atoms with Gasteiger partial charge in [-0.2, -0.15) is 0 Å². The van der Waals surface area contributed by atoms with Crippen molar-refractivity contribution in [2.75, 3.05) is 23.7 Å². The average Bonchev–Trinajstić information content (AvgIpc) is 2.80. The molecule has 35 heavy (non-hydrogen) atoms. The first-order chi connectivity index (χ1) is 16.6. The van der Waals surface area contributed by atoms with Crippen LogP contribution in [0.3, 0.4) is 0 Å². The van der Waals surface area contributed by atoms with Crippen molar-refractivity contribution >= 4 is 27.5 Å². The van der Waals surface area contributed by atoms with E-state index in [0.29, 0.717) is 25.2 Å². The molecule has 192 valence electrons. The Labute approximate surface area is 210 Å². The zero-order valence-electron chi connectivity index (χ0n) is 21.6. The number of nitrogens with one attached hydrogen (secondary N) is 1. The summed E-state index contributed by atoms with van der Waals surface area (Å²) in [4.78, 5) is 27.7. The lowest BCUT2D eigenvalue weighted by molar-refractivity contribution is -0.140. The molecule has 2 amide bonds. The molecule has 7 nitrogen and oxygen atoms in total. The molecule has 8 heteroatoms. The minimum absolute atomic E-state index is 0.135. The number of benzene rings is 2. The van der Waals surface area contributed by atoms with E-state index >= 15 is 0 Å². The van der Waals surface area contributed by atoms with Crippen molar-refractivity contribution in [2.45, 2.75) is 66.0 Å². The Balaban J connectivity index is 2.16. The van der Waals surface area contributed by atoms with Gasteiger partial charge in [0.15, 0.2) is 0 Å². The molecular formula is C27H39N3O4S. The van der Waals surface area contributed by atoms with E-state index in [9.17, 15) is 18.0 Å². The second-order valence-corrected chi connectivity index (χ2v) is 10.9. The Morgan fingerprint density at radius 2 is 1.60 bits per heavy atom. The van der Waals surface area contributed by atoms with Gasteiger partial charge in [-0.25, -0.2) is 8.42 Å². The van der Waals surface area contributed by atoms with Crippen LogP contribution in [-0.4, -0.2) is 50.5 Å². The maximum absolute atomic E-state index is 13.3. The van der Waals surface area contributed by atoms with Crippen molar-refractivity contribution in [2.24, 2.45) is 0 Å². The van der Waals surface area contributed by atoms with E-state index in [1.165, 1.54) is 10.6 Å². The van der Waals surface area contributed by atoms with Crippen LogP contribution in [0.5, 0.6) is 0 Å². The molecule has 0 aliphatic heterocycles. The molecule has 2 aromatic rings. The molecule has 1 unspecified atom stereocenters. The van der Waals surface area contributed by atoms with Crippen LogP contribution in [0.25, 0.3) is 0 Å². The first kappa shape index (κ1) is 28.4. The normalized spacial score (nSPS) is 12.1. The lowest BCUT2D eigenvalue weighted by Gasteiger charge is -2.30. The SMILES string of the molecule is CCCCNC(=O)C(C)N(Cc1ccccc1C)C(=O)CCCN(c1ccccc1C)S(C)(=O)=O. The monoisotopic (exact) mass is 501 g/mol. The molecule has 0 saturated carbocycles. The molecule has 0 aliphatic rings. The van der Waals surface area contributed by atoms with Gasteiger partial charge in [0, 0.05) is 26.1 Å². The fourth-order valence-corrected chi connectivity index (χ4v) is 4.94. The maximum atomic E-state index is 13.3. The number of rotatable bonds is 13. The molecule has 1 atom stereocenters. The van der Waals surface area contributed by atoms with Gasteiger partial charge in [0.25, 0.3) is 0 Å². The number of unbranched alkanes of at least 4 members (excludes halogenated alkanes) is 1. The summed E-state index contributed by atoms with van der Waals surface area (Å²) in [5.41, 5.74) is 3.49.